The zero-order valence-corrected chi connectivity index (χ0v) is 21.4. The second kappa shape index (κ2) is 26.1. The van der Waals surface area contributed by atoms with Gasteiger partial charge in [-0.1, -0.05) is 117 Å². The third-order valence-electron chi connectivity index (χ3n) is 6.43. The largest absolute Gasteiger partial charge is 0.393 e. The molecule has 2 atom stereocenters. The van der Waals surface area contributed by atoms with Crippen LogP contribution in [0.3, 0.4) is 0 Å². The fourth-order valence-electron chi connectivity index (χ4n) is 4.23. The molecular formula is C28H58O3. The molecule has 0 saturated heterocycles. The van der Waals surface area contributed by atoms with E-state index in [0.29, 0.717) is 0 Å². The summed E-state index contributed by atoms with van der Waals surface area (Å²) in [6.07, 6.45) is 26.1. The highest BCUT2D eigenvalue weighted by Gasteiger charge is 2.05. The van der Waals surface area contributed by atoms with E-state index in [1.54, 1.807) is 0 Å². The van der Waals surface area contributed by atoms with Crippen molar-refractivity contribution in [2.45, 2.75) is 167 Å². The lowest BCUT2D eigenvalue weighted by molar-refractivity contribution is 0.117. The number of unbranched alkanes of at least 4 members (excludes halogenated alkanes) is 14. The van der Waals surface area contributed by atoms with Gasteiger partial charge in [-0.3, -0.25) is 0 Å². The lowest BCUT2D eigenvalue weighted by Gasteiger charge is -2.11. The van der Waals surface area contributed by atoms with Crippen molar-refractivity contribution in [3.8, 4) is 0 Å². The Balaban J connectivity index is 3.20. The molecule has 3 nitrogen and oxygen atoms in total. The van der Waals surface area contributed by atoms with Crippen LogP contribution in [0, 0.1) is 0 Å². The first-order valence-corrected chi connectivity index (χ1v) is 14.1. The van der Waals surface area contributed by atoms with E-state index in [0.717, 1.165) is 77.4 Å². The van der Waals surface area contributed by atoms with Crippen LogP contribution in [0.25, 0.3) is 0 Å². The van der Waals surface area contributed by atoms with Gasteiger partial charge in [0.25, 0.3) is 0 Å². The summed E-state index contributed by atoms with van der Waals surface area (Å²) in [6, 6.07) is 0. The monoisotopic (exact) mass is 442 g/mol. The van der Waals surface area contributed by atoms with Gasteiger partial charge < -0.3 is 14.9 Å². The van der Waals surface area contributed by atoms with Gasteiger partial charge in [-0.2, -0.15) is 0 Å². The number of hydrogen-bond acceptors (Lipinski definition) is 3. The van der Waals surface area contributed by atoms with Crippen LogP contribution in [0.4, 0.5) is 0 Å². The van der Waals surface area contributed by atoms with E-state index in [-0.39, 0.29) is 12.2 Å². The number of ether oxygens (including phenoxy) is 1. The molecule has 188 valence electrons. The Hall–Kier alpha value is -0.120. The first kappa shape index (κ1) is 30.9. The molecular weight excluding hydrogens is 384 g/mol. The Morgan fingerprint density at radius 2 is 0.710 bits per heavy atom. The molecule has 0 saturated carbocycles. The van der Waals surface area contributed by atoms with Crippen LogP contribution < -0.4 is 0 Å². The van der Waals surface area contributed by atoms with E-state index < -0.39 is 0 Å². The average Bonchev–Trinajstić information content (AvgIpc) is 2.76. The first-order valence-electron chi connectivity index (χ1n) is 14.1. The minimum atomic E-state index is -0.0940. The molecule has 0 aliphatic heterocycles. The smallest absolute Gasteiger partial charge is 0.0540 e. The molecule has 0 heterocycles. The van der Waals surface area contributed by atoms with Crippen LogP contribution in [0.5, 0.6) is 0 Å². The number of rotatable bonds is 26. The summed E-state index contributed by atoms with van der Waals surface area (Å²) < 4.78 is 5.75. The van der Waals surface area contributed by atoms with Crippen LogP contribution in [-0.4, -0.2) is 35.6 Å². The van der Waals surface area contributed by atoms with Gasteiger partial charge in [0.1, 0.15) is 0 Å². The minimum absolute atomic E-state index is 0.0940. The first-order chi connectivity index (χ1) is 15.2. The van der Waals surface area contributed by atoms with Crippen molar-refractivity contribution in [3.05, 3.63) is 0 Å². The summed E-state index contributed by atoms with van der Waals surface area (Å²) in [5.74, 6) is 0. The van der Waals surface area contributed by atoms with Gasteiger partial charge in [0, 0.05) is 13.2 Å². The Morgan fingerprint density at radius 1 is 0.419 bits per heavy atom. The lowest BCUT2D eigenvalue weighted by atomic mass is 10.0. The SMILES string of the molecule is CCCCCCCCC(O)CCCCCOCCCCCC(O)CCCCCCCC. The molecule has 0 aliphatic rings. The van der Waals surface area contributed by atoms with Crippen molar-refractivity contribution in [3.63, 3.8) is 0 Å². The lowest BCUT2D eigenvalue weighted by Crippen LogP contribution is -2.07. The summed E-state index contributed by atoms with van der Waals surface area (Å²) in [6.45, 7) is 6.21. The molecule has 0 rings (SSSR count). The van der Waals surface area contributed by atoms with Gasteiger partial charge in [-0.25, -0.2) is 0 Å². The molecule has 2 N–H and O–H groups in total. The highest BCUT2D eigenvalue weighted by molar-refractivity contribution is 4.58. The zero-order chi connectivity index (χ0) is 22.8. The van der Waals surface area contributed by atoms with E-state index in [9.17, 15) is 10.2 Å². The van der Waals surface area contributed by atoms with Crippen molar-refractivity contribution in [1.29, 1.82) is 0 Å². The van der Waals surface area contributed by atoms with Crippen molar-refractivity contribution < 1.29 is 14.9 Å². The summed E-state index contributed by atoms with van der Waals surface area (Å²) in [5.41, 5.74) is 0. The Labute approximate surface area is 195 Å². The summed E-state index contributed by atoms with van der Waals surface area (Å²) in [5, 5.41) is 20.1. The van der Waals surface area contributed by atoms with Crippen LogP contribution in [-0.2, 0) is 4.74 Å². The van der Waals surface area contributed by atoms with E-state index in [1.807, 2.05) is 0 Å². The molecule has 0 aromatic rings. The zero-order valence-electron chi connectivity index (χ0n) is 21.4. The second-order valence-electron chi connectivity index (χ2n) is 9.73. The molecule has 2 unspecified atom stereocenters. The number of aliphatic hydroxyl groups is 2. The van der Waals surface area contributed by atoms with Crippen LogP contribution in [0.15, 0.2) is 0 Å². The van der Waals surface area contributed by atoms with Gasteiger partial charge in [-0.15, -0.1) is 0 Å². The van der Waals surface area contributed by atoms with E-state index >= 15 is 0 Å². The Bertz CT molecular complexity index is 291. The molecule has 0 bridgehead atoms. The third-order valence-corrected chi connectivity index (χ3v) is 6.43. The van der Waals surface area contributed by atoms with Gasteiger partial charge in [-0.05, 0) is 38.5 Å². The topological polar surface area (TPSA) is 49.7 Å². The van der Waals surface area contributed by atoms with Gasteiger partial charge in [0.05, 0.1) is 12.2 Å². The van der Waals surface area contributed by atoms with E-state index in [4.69, 9.17) is 4.74 Å². The predicted molar refractivity (Wildman–Crippen MR) is 136 cm³/mol. The Morgan fingerprint density at radius 3 is 1.06 bits per heavy atom. The standard InChI is InChI=1S/C28H58O3/c1-3-5-7-9-11-15-21-27(29)23-17-13-19-25-31-26-20-14-18-24-28(30)22-16-12-10-8-6-4-2/h27-30H,3-26H2,1-2H3. The maximum absolute atomic E-state index is 10.1. The Kier molecular flexibility index (Phi) is 26.0. The molecule has 0 aromatic heterocycles. The number of hydrogen-bond donors (Lipinski definition) is 2. The van der Waals surface area contributed by atoms with Crippen molar-refractivity contribution >= 4 is 0 Å². The highest BCUT2D eigenvalue weighted by atomic mass is 16.5. The fraction of sp³-hybridized carbons (Fsp3) is 1.00. The molecule has 31 heavy (non-hydrogen) atoms. The van der Waals surface area contributed by atoms with E-state index in [1.165, 1.54) is 77.0 Å². The molecule has 0 aliphatic carbocycles. The average molecular weight is 443 g/mol. The van der Waals surface area contributed by atoms with Gasteiger partial charge >= 0.3 is 0 Å². The van der Waals surface area contributed by atoms with Gasteiger partial charge in [0.15, 0.2) is 0 Å². The highest BCUT2D eigenvalue weighted by Crippen LogP contribution is 2.14. The summed E-state index contributed by atoms with van der Waals surface area (Å²) in [4.78, 5) is 0. The quantitative estimate of drug-likeness (QED) is 0.132. The van der Waals surface area contributed by atoms with Crippen molar-refractivity contribution in [1.82, 2.24) is 0 Å². The van der Waals surface area contributed by atoms with E-state index in [2.05, 4.69) is 13.8 Å². The van der Waals surface area contributed by atoms with Crippen molar-refractivity contribution in [2.75, 3.05) is 13.2 Å². The summed E-state index contributed by atoms with van der Waals surface area (Å²) in [7, 11) is 0. The molecule has 0 aromatic carbocycles. The van der Waals surface area contributed by atoms with Gasteiger partial charge in [0.2, 0.25) is 0 Å². The maximum atomic E-state index is 10.1. The minimum Gasteiger partial charge on any atom is -0.393 e. The second-order valence-corrected chi connectivity index (χ2v) is 9.73. The predicted octanol–water partition coefficient (Wildman–Crippen LogP) is 8.35. The normalized spacial score (nSPS) is 13.5. The maximum Gasteiger partial charge on any atom is 0.0540 e. The molecule has 3 heteroatoms. The molecule has 0 fully saturated rings. The van der Waals surface area contributed by atoms with Crippen LogP contribution in [0.1, 0.15) is 155 Å². The third kappa shape index (κ3) is 26.0. The molecule has 0 radical (unpaired) electrons. The molecule has 0 amide bonds. The number of aliphatic hydroxyl groups excluding tert-OH is 2. The van der Waals surface area contributed by atoms with Crippen LogP contribution in [0.2, 0.25) is 0 Å². The van der Waals surface area contributed by atoms with Crippen molar-refractivity contribution in [2.24, 2.45) is 0 Å². The van der Waals surface area contributed by atoms with Crippen LogP contribution >= 0.6 is 0 Å². The molecule has 0 spiro atoms. The fourth-order valence-corrected chi connectivity index (χ4v) is 4.23. The summed E-state index contributed by atoms with van der Waals surface area (Å²) >= 11 is 0.